The predicted octanol–water partition coefficient (Wildman–Crippen LogP) is 2.78. The van der Waals surface area contributed by atoms with E-state index in [0.717, 1.165) is 36.6 Å². The summed E-state index contributed by atoms with van der Waals surface area (Å²) in [6.07, 6.45) is 5.81. The van der Waals surface area contributed by atoms with Gasteiger partial charge in [-0.1, -0.05) is 12.8 Å². The van der Waals surface area contributed by atoms with Crippen molar-refractivity contribution in [1.82, 2.24) is 35.0 Å². The van der Waals surface area contributed by atoms with Crippen LogP contribution in [0, 0.1) is 0 Å². The highest BCUT2D eigenvalue weighted by atomic mass is 16.5. The Balaban J connectivity index is 1.38. The first-order valence-corrected chi connectivity index (χ1v) is 12.7. The van der Waals surface area contributed by atoms with Crippen LogP contribution < -0.4 is 10.3 Å². The maximum Gasteiger partial charge on any atom is 0.289 e. The van der Waals surface area contributed by atoms with Gasteiger partial charge in [0.1, 0.15) is 11.8 Å². The minimum absolute atomic E-state index is 0.132. The number of methoxy groups -OCH3 is 1. The first-order chi connectivity index (χ1) is 18.1. The Bertz CT molecular complexity index is 1450. The second-order valence-corrected chi connectivity index (χ2v) is 9.63. The number of benzene rings is 1. The molecule has 0 bridgehead atoms. The number of rotatable bonds is 6. The number of tetrazole rings is 1. The van der Waals surface area contributed by atoms with Crippen LogP contribution in [0.5, 0.6) is 5.75 Å². The second-order valence-electron chi connectivity index (χ2n) is 9.63. The number of amides is 1. The molecule has 4 aromatic rings. The van der Waals surface area contributed by atoms with Gasteiger partial charge in [0.25, 0.3) is 11.5 Å². The molecule has 3 aromatic heterocycles. The predicted molar refractivity (Wildman–Crippen MR) is 134 cm³/mol. The van der Waals surface area contributed by atoms with Crippen molar-refractivity contribution in [2.45, 2.75) is 37.8 Å². The number of H-pyrrole nitrogens is 1. The summed E-state index contributed by atoms with van der Waals surface area (Å²) in [5, 5.41) is 13.7. The number of aromatic amines is 1. The second kappa shape index (κ2) is 9.81. The molecule has 1 aromatic carbocycles. The Hall–Kier alpha value is -3.99. The van der Waals surface area contributed by atoms with Crippen LogP contribution in [0.15, 0.2) is 51.9 Å². The number of carbonyl (C=O) groups is 1. The van der Waals surface area contributed by atoms with Crippen LogP contribution in [-0.2, 0) is 0 Å². The molecule has 2 fully saturated rings. The summed E-state index contributed by atoms with van der Waals surface area (Å²) in [4.78, 5) is 33.3. The largest absolute Gasteiger partial charge is 0.497 e. The van der Waals surface area contributed by atoms with Crippen LogP contribution in [0.25, 0.3) is 10.9 Å². The van der Waals surface area contributed by atoms with Gasteiger partial charge in [0, 0.05) is 42.6 Å². The lowest BCUT2D eigenvalue weighted by Gasteiger charge is -2.38. The molecule has 1 saturated heterocycles. The van der Waals surface area contributed by atoms with E-state index in [0.29, 0.717) is 49.1 Å². The number of furan rings is 1. The molecule has 6 rings (SSSR count). The van der Waals surface area contributed by atoms with E-state index in [1.165, 1.54) is 6.26 Å². The maximum atomic E-state index is 13.5. The van der Waals surface area contributed by atoms with E-state index in [-0.39, 0.29) is 17.5 Å². The van der Waals surface area contributed by atoms with Crippen molar-refractivity contribution in [3.8, 4) is 5.75 Å². The van der Waals surface area contributed by atoms with Gasteiger partial charge in [-0.15, -0.1) is 5.10 Å². The van der Waals surface area contributed by atoms with Crippen molar-refractivity contribution in [3.63, 3.8) is 0 Å². The number of nitrogens with zero attached hydrogens (tertiary/aromatic N) is 6. The quantitative estimate of drug-likeness (QED) is 0.426. The number of nitrogens with one attached hydrogen (secondary N) is 1. The number of piperazine rings is 1. The summed E-state index contributed by atoms with van der Waals surface area (Å²) in [6, 6.07) is 10.6. The average molecular weight is 504 g/mol. The molecule has 0 spiro atoms. The lowest BCUT2D eigenvalue weighted by Crippen LogP contribution is -2.50. The zero-order chi connectivity index (χ0) is 25.4. The minimum Gasteiger partial charge on any atom is -0.497 e. The molecule has 1 amide bonds. The zero-order valence-electron chi connectivity index (χ0n) is 20.7. The molecule has 37 heavy (non-hydrogen) atoms. The van der Waals surface area contributed by atoms with E-state index in [2.05, 4.69) is 25.4 Å². The van der Waals surface area contributed by atoms with Gasteiger partial charge >= 0.3 is 0 Å². The maximum absolute atomic E-state index is 13.5. The molecular weight excluding hydrogens is 474 g/mol. The molecule has 1 unspecified atom stereocenters. The standard InChI is InChI=1S/C26H29N7O4/c1-36-19-8-9-21-17(15-19)16-20(25(34)27-21)23(24-28-29-30-33(24)18-5-2-3-6-18)31-10-12-32(13-11-31)26(35)22-7-4-14-37-22/h4,7-9,14-16,18,23H,2-3,5-6,10-13H2,1H3,(H,27,34). The number of pyridine rings is 1. The highest BCUT2D eigenvalue weighted by Crippen LogP contribution is 2.34. The fourth-order valence-electron chi connectivity index (χ4n) is 5.56. The van der Waals surface area contributed by atoms with Gasteiger partial charge in [0.2, 0.25) is 0 Å². The van der Waals surface area contributed by atoms with Gasteiger partial charge < -0.3 is 19.0 Å². The summed E-state index contributed by atoms with van der Waals surface area (Å²) in [5.41, 5.74) is 1.12. The molecule has 1 aliphatic heterocycles. The van der Waals surface area contributed by atoms with E-state index in [1.54, 1.807) is 24.1 Å². The van der Waals surface area contributed by atoms with Gasteiger partial charge in [-0.2, -0.15) is 0 Å². The lowest BCUT2D eigenvalue weighted by molar-refractivity contribution is 0.0557. The third-order valence-electron chi connectivity index (χ3n) is 7.51. The van der Waals surface area contributed by atoms with E-state index in [1.807, 2.05) is 28.9 Å². The summed E-state index contributed by atoms with van der Waals surface area (Å²) >= 11 is 0. The minimum atomic E-state index is -0.462. The van der Waals surface area contributed by atoms with Crippen molar-refractivity contribution in [2.75, 3.05) is 33.3 Å². The van der Waals surface area contributed by atoms with Crippen LogP contribution in [0.1, 0.15) is 59.7 Å². The van der Waals surface area contributed by atoms with Crippen LogP contribution in [0.2, 0.25) is 0 Å². The van der Waals surface area contributed by atoms with Gasteiger partial charge in [-0.05, 0) is 59.7 Å². The molecule has 11 heteroatoms. The van der Waals surface area contributed by atoms with Crippen LogP contribution in [0.3, 0.4) is 0 Å². The summed E-state index contributed by atoms with van der Waals surface area (Å²) in [7, 11) is 1.62. The Labute approximate surface area is 213 Å². The Morgan fingerprint density at radius 1 is 1.14 bits per heavy atom. The normalized spacial score (nSPS) is 17.9. The van der Waals surface area contributed by atoms with Crippen LogP contribution in [-0.4, -0.2) is 74.2 Å². The fraction of sp³-hybridized carbons (Fsp3) is 0.423. The van der Waals surface area contributed by atoms with Gasteiger partial charge in [0.15, 0.2) is 11.6 Å². The highest BCUT2D eigenvalue weighted by Gasteiger charge is 2.35. The topological polar surface area (TPSA) is 122 Å². The first-order valence-electron chi connectivity index (χ1n) is 12.7. The number of ether oxygens (including phenoxy) is 1. The number of hydrogen-bond donors (Lipinski definition) is 1. The van der Waals surface area contributed by atoms with Gasteiger partial charge in [-0.25, -0.2) is 4.68 Å². The first kappa shape index (κ1) is 23.4. The molecule has 4 heterocycles. The molecule has 1 N–H and O–H groups in total. The summed E-state index contributed by atoms with van der Waals surface area (Å²) in [5.74, 6) is 1.57. The number of carbonyl (C=O) groups excluding carboxylic acids is 1. The van der Waals surface area contributed by atoms with E-state index in [9.17, 15) is 9.59 Å². The van der Waals surface area contributed by atoms with Gasteiger partial charge in [0.05, 0.1) is 19.4 Å². The van der Waals surface area contributed by atoms with Crippen molar-refractivity contribution >= 4 is 16.8 Å². The Morgan fingerprint density at radius 3 is 2.68 bits per heavy atom. The fourth-order valence-corrected chi connectivity index (χ4v) is 5.56. The molecule has 0 radical (unpaired) electrons. The third kappa shape index (κ3) is 4.39. The summed E-state index contributed by atoms with van der Waals surface area (Å²) < 4.78 is 12.6. The van der Waals surface area contributed by atoms with Gasteiger partial charge in [-0.3, -0.25) is 14.5 Å². The highest BCUT2D eigenvalue weighted by molar-refractivity contribution is 5.91. The van der Waals surface area contributed by atoms with E-state index < -0.39 is 6.04 Å². The van der Waals surface area contributed by atoms with Crippen molar-refractivity contribution in [1.29, 1.82) is 0 Å². The van der Waals surface area contributed by atoms with Crippen molar-refractivity contribution in [2.24, 2.45) is 0 Å². The SMILES string of the molecule is COc1ccc2[nH]c(=O)c(C(c3nnnn3C3CCCC3)N3CCN(C(=O)c4ccco4)CC3)cc2c1. The average Bonchev–Trinajstić information content (AvgIpc) is 3.72. The molecule has 1 aliphatic carbocycles. The Morgan fingerprint density at radius 2 is 1.95 bits per heavy atom. The molecular formula is C26H29N7O4. The van der Waals surface area contributed by atoms with Crippen LogP contribution in [0.4, 0.5) is 0 Å². The molecule has 192 valence electrons. The van der Waals surface area contributed by atoms with Crippen molar-refractivity contribution in [3.05, 3.63) is 70.2 Å². The molecule has 11 nitrogen and oxygen atoms in total. The Kier molecular flexibility index (Phi) is 6.21. The number of aromatic nitrogens is 5. The lowest BCUT2D eigenvalue weighted by atomic mass is 10.0. The van der Waals surface area contributed by atoms with Crippen molar-refractivity contribution < 1.29 is 13.9 Å². The molecule has 2 aliphatic rings. The smallest absolute Gasteiger partial charge is 0.289 e. The molecule has 1 atom stereocenters. The van der Waals surface area contributed by atoms with E-state index >= 15 is 0 Å². The summed E-state index contributed by atoms with van der Waals surface area (Å²) in [6.45, 7) is 2.12. The van der Waals surface area contributed by atoms with Crippen LogP contribution >= 0.6 is 0 Å². The molecule has 1 saturated carbocycles. The zero-order valence-corrected chi connectivity index (χ0v) is 20.7. The number of fused-ring (bicyclic) bond motifs is 1. The van der Waals surface area contributed by atoms with E-state index in [4.69, 9.17) is 9.15 Å². The third-order valence-corrected chi connectivity index (χ3v) is 7.51. The monoisotopic (exact) mass is 503 g/mol. The number of hydrogen-bond acceptors (Lipinski definition) is 8.